The highest BCUT2D eigenvalue weighted by Crippen LogP contribution is 2.08. The summed E-state index contributed by atoms with van der Waals surface area (Å²) in [7, 11) is 0. The second kappa shape index (κ2) is 5.53. The van der Waals surface area contributed by atoms with Crippen molar-refractivity contribution < 1.29 is 14.7 Å². The van der Waals surface area contributed by atoms with Gasteiger partial charge in [-0.2, -0.15) is 0 Å². The number of nitrogens with two attached hydrogens (primary N) is 1. The van der Waals surface area contributed by atoms with Gasteiger partial charge in [0.25, 0.3) is 0 Å². The predicted molar refractivity (Wildman–Crippen MR) is 48.1 cm³/mol. The summed E-state index contributed by atoms with van der Waals surface area (Å²) < 4.78 is 5.23. The summed E-state index contributed by atoms with van der Waals surface area (Å²) >= 11 is 0. The lowest BCUT2D eigenvalue weighted by Crippen LogP contribution is -2.24. The Kier molecular flexibility index (Phi) is 4.25. The molecule has 0 spiro atoms. The molecular formula is C9H13NO3. The number of aliphatic hydroxyl groups excluding tert-OH is 1. The summed E-state index contributed by atoms with van der Waals surface area (Å²) in [6, 6.07) is 9.25. The molecule has 0 unspecified atom stereocenters. The van der Waals surface area contributed by atoms with E-state index in [1.807, 2.05) is 30.3 Å². The van der Waals surface area contributed by atoms with E-state index in [2.05, 4.69) is 4.84 Å². The maximum Gasteiger partial charge on any atom is 0.119 e. The minimum absolute atomic E-state index is 0.0762. The Labute approximate surface area is 76.8 Å². The molecular weight excluding hydrogens is 170 g/mol. The van der Waals surface area contributed by atoms with Crippen LogP contribution >= 0.6 is 0 Å². The van der Waals surface area contributed by atoms with Crippen LogP contribution in [0.3, 0.4) is 0 Å². The highest BCUT2D eigenvalue weighted by Gasteiger charge is 2.03. The van der Waals surface area contributed by atoms with Crippen LogP contribution < -0.4 is 10.6 Å². The van der Waals surface area contributed by atoms with E-state index in [1.54, 1.807) is 0 Å². The van der Waals surface area contributed by atoms with Crippen molar-refractivity contribution in [2.75, 3.05) is 13.2 Å². The van der Waals surface area contributed by atoms with Crippen LogP contribution in [0.5, 0.6) is 5.75 Å². The zero-order valence-electron chi connectivity index (χ0n) is 7.22. The summed E-state index contributed by atoms with van der Waals surface area (Å²) in [5.41, 5.74) is 0. The molecule has 13 heavy (non-hydrogen) atoms. The van der Waals surface area contributed by atoms with Gasteiger partial charge in [-0.1, -0.05) is 18.2 Å². The van der Waals surface area contributed by atoms with E-state index in [0.29, 0.717) is 0 Å². The first-order valence-electron chi connectivity index (χ1n) is 4.00. The quantitative estimate of drug-likeness (QED) is 0.645. The monoisotopic (exact) mass is 183 g/mol. The Hall–Kier alpha value is -1.10. The van der Waals surface area contributed by atoms with E-state index in [1.165, 1.54) is 0 Å². The standard InChI is InChI=1S/C9H13NO3/c10-13-7-8(11)6-12-9-4-2-1-3-5-9/h1-5,8,11H,6-7,10H2/t8-/m0/s1. The Morgan fingerprint density at radius 2 is 1.92 bits per heavy atom. The molecule has 0 aliphatic heterocycles. The maximum atomic E-state index is 9.18. The molecule has 0 saturated heterocycles. The van der Waals surface area contributed by atoms with Crippen LogP contribution in [0.4, 0.5) is 0 Å². The van der Waals surface area contributed by atoms with Crippen LogP contribution in [-0.2, 0) is 4.84 Å². The summed E-state index contributed by atoms with van der Waals surface area (Å²) in [4.78, 5) is 4.26. The van der Waals surface area contributed by atoms with Gasteiger partial charge in [0.15, 0.2) is 0 Å². The Bertz CT molecular complexity index is 228. The molecule has 1 rings (SSSR count). The normalized spacial score (nSPS) is 12.5. The molecule has 3 N–H and O–H groups in total. The summed E-state index contributed by atoms with van der Waals surface area (Å²) in [6.07, 6.45) is -0.690. The van der Waals surface area contributed by atoms with E-state index in [9.17, 15) is 5.11 Å². The molecule has 4 nitrogen and oxygen atoms in total. The van der Waals surface area contributed by atoms with Crippen LogP contribution in [-0.4, -0.2) is 24.4 Å². The van der Waals surface area contributed by atoms with Gasteiger partial charge in [0.2, 0.25) is 0 Å². The van der Waals surface area contributed by atoms with Gasteiger partial charge in [-0.05, 0) is 12.1 Å². The van der Waals surface area contributed by atoms with Crippen molar-refractivity contribution in [2.45, 2.75) is 6.10 Å². The van der Waals surface area contributed by atoms with E-state index in [0.717, 1.165) is 5.75 Å². The van der Waals surface area contributed by atoms with Crippen molar-refractivity contribution in [1.82, 2.24) is 0 Å². The van der Waals surface area contributed by atoms with E-state index in [-0.39, 0.29) is 13.2 Å². The van der Waals surface area contributed by atoms with Crippen molar-refractivity contribution in [1.29, 1.82) is 0 Å². The third kappa shape index (κ3) is 3.89. The molecule has 1 aromatic rings. The fourth-order valence-electron chi connectivity index (χ4n) is 0.868. The van der Waals surface area contributed by atoms with Gasteiger partial charge in [-0.15, -0.1) is 0 Å². The number of rotatable bonds is 5. The molecule has 0 bridgehead atoms. The molecule has 0 saturated carbocycles. The molecule has 72 valence electrons. The maximum absolute atomic E-state index is 9.18. The molecule has 0 heterocycles. The van der Waals surface area contributed by atoms with E-state index >= 15 is 0 Å². The smallest absolute Gasteiger partial charge is 0.119 e. The summed E-state index contributed by atoms with van der Waals surface area (Å²) in [5.74, 6) is 5.50. The lowest BCUT2D eigenvalue weighted by Gasteiger charge is -2.10. The van der Waals surface area contributed by atoms with Crippen molar-refractivity contribution in [3.05, 3.63) is 30.3 Å². The number of ether oxygens (including phenoxy) is 1. The van der Waals surface area contributed by atoms with Crippen LogP contribution in [0.15, 0.2) is 30.3 Å². The first kappa shape index (κ1) is 9.98. The van der Waals surface area contributed by atoms with Gasteiger partial charge in [0.05, 0.1) is 6.61 Å². The van der Waals surface area contributed by atoms with Gasteiger partial charge in [-0.25, -0.2) is 5.90 Å². The van der Waals surface area contributed by atoms with Gasteiger partial charge >= 0.3 is 0 Å². The molecule has 4 heteroatoms. The first-order chi connectivity index (χ1) is 6.33. The zero-order valence-corrected chi connectivity index (χ0v) is 7.22. The largest absolute Gasteiger partial charge is 0.491 e. The van der Waals surface area contributed by atoms with Crippen LogP contribution in [0.25, 0.3) is 0 Å². The second-order valence-corrected chi connectivity index (χ2v) is 2.61. The van der Waals surface area contributed by atoms with Gasteiger partial charge in [-0.3, -0.25) is 0 Å². The number of para-hydroxylation sites is 1. The van der Waals surface area contributed by atoms with Crippen LogP contribution in [0.2, 0.25) is 0 Å². The molecule has 0 fully saturated rings. The molecule has 0 aliphatic rings. The number of aliphatic hydroxyl groups is 1. The zero-order chi connectivity index (χ0) is 9.52. The van der Waals surface area contributed by atoms with Crippen molar-refractivity contribution in [2.24, 2.45) is 5.90 Å². The summed E-state index contributed by atoms with van der Waals surface area (Å²) in [6.45, 7) is 0.258. The topological polar surface area (TPSA) is 64.7 Å². The van der Waals surface area contributed by atoms with Crippen molar-refractivity contribution in [3.63, 3.8) is 0 Å². The number of benzene rings is 1. The SMILES string of the molecule is NOC[C@@H](O)COc1ccccc1. The Balaban J connectivity index is 2.27. The van der Waals surface area contributed by atoms with E-state index < -0.39 is 6.10 Å². The average Bonchev–Trinajstić information content (AvgIpc) is 2.17. The van der Waals surface area contributed by atoms with Gasteiger partial charge < -0.3 is 14.7 Å². The van der Waals surface area contributed by atoms with Gasteiger partial charge in [0.1, 0.15) is 18.5 Å². The Morgan fingerprint density at radius 3 is 2.54 bits per heavy atom. The molecule has 0 amide bonds. The number of hydrogen-bond donors (Lipinski definition) is 2. The first-order valence-corrected chi connectivity index (χ1v) is 4.00. The average molecular weight is 183 g/mol. The highest BCUT2D eigenvalue weighted by molar-refractivity contribution is 5.20. The van der Waals surface area contributed by atoms with Crippen LogP contribution in [0.1, 0.15) is 0 Å². The van der Waals surface area contributed by atoms with Gasteiger partial charge in [0, 0.05) is 0 Å². The van der Waals surface area contributed by atoms with Crippen molar-refractivity contribution >= 4 is 0 Å². The minimum atomic E-state index is -0.690. The molecule has 0 aliphatic carbocycles. The minimum Gasteiger partial charge on any atom is -0.491 e. The summed E-state index contributed by atoms with van der Waals surface area (Å²) in [5, 5.41) is 9.18. The fourth-order valence-corrected chi connectivity index (χ4v) is 0.868. The number of hydrogen-bond acceptors (Lipinski definition) is 4. The predicted octanol–water partition coefficient (Wildman–Crippen LogP) is 0.317. The molecule has 1 atom stereocenters. The van der Waals surface area contributed by atoms with Crippen LogP contribution in [0, 0.1) is 0 Å². The molecule has 0 aromatic heterocycles. The third-order valence-corrected chi connectivity index (χ3v) is 1.47. The fraction of sp³-hybridized carbons (Fsp3) is 0.333. The molecule has 1 aromatic carbocycles. The lowest BCUT2D eigenvalue weighted by molar-refractivity contribution is 0.0116. The Morgan fingerprint density at radius 1 is 1.23 bits per heavy atom. The third-order valence-electron chi connectivity index (χ3n) is 1.47. The van der Waals surface area contributed by atoms with E-state index in [4.69, 9.17) is 10.6 Å². The molecule has 0 radical (unpaired) electrons. The lowest BCUT2D eigenvalue weighted by atomic mass is 10.3. The highest BCUT2D eigenvalue weighted by atomic mass is 16.6. The second-order valence-electron chi connectivity index (χ2n) is 2.61. The van der Waals surface area contributed by atoms with Crippen molar-refractivity contribution in [3.8, 4) is 5.75 Å².